The van der Waals surface area contributed by atoms with Crippen molar-refractivity contribution >= 4 is 21.7 Å². The zero-order valence-corrected chi connectivity index (χ0v) is 18.8. The molecule has 0 unspecified atom stereocenters. The molecular weight excluding hydrogens is 390 g/mol. The third kappa shape index (κ3) is 3.89. The van der Waals surface area contributed by atoms with Gasteiger partial charge in [0, 0.05) is 27.5 Å². The van der Waals surface area contributed by atoms with Crippen LogP contribution in [0.15, 0.2) is 84.9 Å². The van der Waals surface area contributed by atoms with Crippen LogP contribution < -0.4 is 4.74 Å². The van der Waals surface area contributed by atoms with Crippen LogP contribution in [-0.2, 0) is 12.8 Å². The Balaban J connectivity index is 1.68. The van der Waals surface area contributed by atoms with Gasteiger partial charge in [-0.25, -0.2) is 0 Å². The van der Waals surface area contributed by atoms with Crippen molar-refractivity contribution in [1.29, 1.82) is 0 Å². The first-order chi connectivity index (χ1) is 15.7. The van der Waals surface area contributed by atoms with Gasteiger partial charge in [0.25, 0.3) is 0 Å². The van der Waals surface area contributed by atoms with Crippen LogP contribution in [0.4, 0.5) is 0 Å². The van der Waals surface area contributed by atoms with Crippen molar-refractivity contribution in [2.24, 2.45) is 0 Å². The maximum Gasteiger partial charge on any atom is 0.127 e. The van der Waals surface area contributed by atoms with Gasteiger partial charge in [0.05, 0.1) is 6.61 Å². The summed E-state index contributed by atoms with van der Waals surface area (Å²) in [6.45, 7) is 5.05. The van der Waals surface area contributed by atoms with Crippen molar-refractivity contribution in [2.75, 3.05) is 6.61 Å². The lowest BCUT2D eigenvalue weighted by molar-refractivity contribution is 0.321. The molecule has 0 fully saturated rings. The predicted octanol–water partition coefficient (Wildman–Crippen LogP) is 7.87. The van der Waals surface area contributed by atoms with E-state index in [4.69, 9.17) is 4.74 Å². The summed E-state index contributed by atoms with van der Waals surface area (Å²) < 4.78 is 6.17. The molecule has 1 N–H and O–H groups in total. The molecular formula is C30H29NO. The number of hydrogen-bond acceptors (Lipinski definition) is 1. The number of benzene rings is 4. The third-order valence-corrected chi connectivity index (χ3v) is 6.21. The molecule has 0 bridgehead atoms. The van der Waals surface area contributed by atoms with E-state index in [1.165, 1.54) is 49.6 Å². The molecule has 4 aromatic carbocycles. The van der Waals surface area contributed by atoms with Gasteiger partial charge in [0.15, 0.2) is 0 Å². The number of hydrogen-bond donors (Lipinski definition) is 1. The molecule has 2 nitrogen and oxygen atoms in total. The molecule has 5 rings (SSSR count). The molecule has 0 radical (unpaired) electrons. The fourth-order valence-corrected chi connectivity index (χ4v) is 4.70. The summed E-state index contributed by atoms with van der Waals surface area (Å²) in [4.78, 5) is 3.57. The normalized spacial score (nSPS) is 11.3. The maximum atomic E-state index is 6.17. The van der Waals surface area contributed by atoms with E-state index in [-0.39, 0.29) is 0 Å². The topological polar surface area (TPSA) is 25.0 Å². The van der Waals surface area contributed by atoms with Crippen molar-refractivity contribution in [2.45, 2.75) is 33.1 Å². The van der Waals surface area contributed by atoms with E-state index < -0.39 is 0 Å². The van der Waals surface area contributed by atoms with Gasteiger partial charge < -0.3 is 9.72 Å². The standard InChI is InChI=1S/C30H29NO/c1-3-18-32-29-15-9-13-25-23(17-16-22-10-5-4-6-11-22)19-24(20-27(25)29)30-21(2)31-28-14-8-7-12-26(28)30/h4-15,19-20,31H,3,16-18H2,1-2H3. The summed E-state index contributed by atoms with van der Waals surface area (Å²) in [6, 6.07) is 30.5. The highest BCUT2D eigenvalue weighted by Gasteiger charge is 2.15. The first kappa shape index (κ1) is 20.4. The molecule has 1 heterocycles. The molecule has 0 amide bonds. The lowest BCUT2D eigenvalue weighted by Crippen LogP contribution is -1.98. The minimum atomic E-state index is 0.731. The van der Waals surface area contributed by atoms with E-state index in [9.17, 15) is 0 Å². The van der Waals surface area contributed by atoms with Gasteiger partial charge in [-0.1, -0.05) is 73.7 Å². The SMILES string of the molecule is CCCOc1cccc2c(CCc3ccccc3)cc(-c3c(C)[nH]c4ccccc34)cc12. The Kier molecular flexibility index (Phi) is 5.68. The third-order valence-electron chi connectivity index (χ3n) is 6.21. The summed E-state index contributed by atoms with van der Waals surface area (Å²) >= 11 is 0. The van der Waals surface area contributed by atoms with E-state index in [0.717, 1.165) is 31.6 Å². The number of para-hydroxylation sites is 1. The van der Waals surface area contributed by atoms with E-state index >= 15 is 0 Å². The summed E-state index contributed by atoms with van der Waals surface area (Å²) in [6.07, 6.45) is 3.01. The number of H-pyrrole nitrogens is 1. The largest absolute Gasteiger partial charge is 0.493 e. The van der Waals surface area contributed by atoms with Gasteiger partial charge in [-0.05, 0) is 66.5 Å². The Labute approximate surface area is 189 Å². The molecule has 0 spiro atoms. The number of ether oxygens (including phenoxy) is 1. The minimum absolute atomic E-state index is 0.731. The molecule has 0 atom stereocenters. The highest BCUT2D eigenvalue weighted by molar-refractivity contribution is 6.01. The van der Waals surface area contributed by atoms with Crippen LogP contribution in [0.2, 0.25) is 0 Å². The Morgan fingerprint density at radius 1 is 0.750 bits per heavy atom. The van der Waals surface area contributed by atoms with Crippen LogP contribution in [0.25, 0.3) is 32.8 Å². The summed E-state index contributed by atoms with van der Waals surface area (Å²) in [7, 11) is 0. The molecule has 5 aromatic rings. The highest BCUT2D eigenvalue weighted by Crippen LogP contribution is 2.38. The number of rotatable bonds is 7. The van der Waals surface area contributed by atoms with Gasteiger partial charge in [-0.3, -0.25) is 0 Å². The van der Waals surface area contributed by atoms with Crippen LogP contribution in [-0.4, -0.2) is 11.6 Å². The Bertz CT molecular complexity index is 1360. The van der Waals surface area contributed by atoms with E-state index in [0.29, 0.717) is 0 Å². The molecule has 0 aliphatic heterocycles. The van der Waals surface area contributed by atoms with E-state index in [2.05, 4.69) is 104 Å². The first-order valence-corrected chi connectivity index (χ1v) is 11.5. The molecule has 0 saturated heterocycles. The van der Waals surface area contributed by atoms with Gasteiger partial charge >= 0.3 is 0 Å². The van der Waals surface area contributed by atoms with E-state index in [1.54, 1.807) is 0 Å². The van der Waals surface area contributed by atoms with Gasteiger partial charge in [0.1, 0.15) is 5.75 Å². The molecule has 0 saturated carbocycles. The molecule has 32 heavy (non-hydrogen) atoms. The second-order valence-electron chi connectivity index (χ2n) is 8.49. The van der Waals surface area contributed by atoms with Gasteiger partial charge in [-0.2, -0.15) is 0 Å². The zero-order chi connectivity index (χ0) is 21.9. The van der Waals surface area contributed by atoms with Crippen LogP contribution in [0.3, 0.4) is 0 Å². The maximum absolute atomic E-state index is 6.17. The number of fused-ring (bicyclic) bond motifs is 2. The average molecular weight is 420 g/mol. The molecule has 160 valence electrons. The molecule has 2 heteroatoms. The van der Waals surface area contributed by atoms with Gasteiger partial charge in [0.2, 0.25) is 0 Å². The van der Waals surface area contributed by atoms with Crippen molar-refractivity contribution < 1.29 is 4.74 Å². The highest BCUT2D eigenvalue weighted by atomic mass is 16.5. The van der Waals surface area contributed by atoms with Crippen molar-refractivity contribution in [3.8, 4) is 16.9 Å². The van der Waals surface area contributed by atoms with Crippen LogP contribution in [0.5, 0.6) is 5.75 Å². The number of aromatic nitrogens is 1. The lowest BCUT2D eigenvalue weighted by Gasteiger charge is -2.15. The van der Waals surface area contributed by atoms with Crippen LogP contribution >= 0.6 is 0 Å². The van der Waals surface area contributed by atoms with E-state index in [1.807, 2.05) is 0 Å². The van der Waals surface area contributed by atoms with Crippen molar-refractivity contribution in [1.82, 2.24) is 4.98 Å². The van der Waals surface area contributed by atoms with Crippen molar-refractivity contribution in [3.05, 3.63) is 102 Å². The lowest BCUT2D eigenvalue weighted by atomic mass is 9.92. The fraction of sp³-hybridized carbons (Fsp3) is 0.200. The predicted molar refractivity (Wildman–Crippen MR) is 136 cm³/mol. The Morgan fingerprint density at radius 3 is 2.38 bits per heavy atom. The van der Waals surface area contributed by atoms with Crippen LogP contribution in [0, 0.1) is 6.92 Å². The number of nitrogens with one attached hydrogen (secondary N) is 1. The average Bonchev–Trinajstić information content (AvgIpc) is 3.17. The number of aryl methyl sites for hydroxylation is 3. The van der Waals surface area contributed by atoms with Crippen LogP contribution in [0.1, 0.15) is 30.2 Å². The summed E-state index contributed by atoms with van der Waals surface area (Å²) in [5.41, 5.74) is 7.66. The number of aromatic amines is 1. The van der Waals surface area contributed by atoms with Crippen molar-refractivity contribution in [3.63, 3.8) is 0 Å². The summed E-state index contributed by atoms with van der Waals surface area (Å²) in [5.74, 6) is 0.977. The smallest absolute Gasteiger partial charge is 0.127 e. The second-order valence-corrected chi connectivity index (χ2v) is 8.49. The monoisotopic (exact) mass is 419 g/mol. The molecule has 0 aliphatic rings. The molecule has 0 aliphatic carbocycles. The first-order valence-electron chi connectivity index (χ1n) is 11.5. The zero-order valence-electron chi connectivity index (χ0n) is 18.8. The summed E-state index contributed by atoms with van der Waals surface area (Å²) in [5, 5.41) is 3.76. The Hall–Kier alpha value is -3.52. The quantitative estimate of drug-likeness (QED) is 0.285. The molecule has 1 aromatic heterocycles. The fourth-order valence-electron chi connectivity index (χ4n) is 4.70. The minimum Gasteiger partial charge on any atom is -0.493 e. The second kappa shape index (κ2) is 8.92. The van der Waals surface area contributed by atoms with Gasteiger partial charge in [-0.15, -0.1) is 0 Å². The Morgan fingerprint density at radius 2 is 1.53 bits per heavy atom.